The van der Waals surface area contributed by atoms with Gasteiger partial charge >= 0.3 is 0 Å². The summed E-state index contributed by atoms with van der Waals surface area (Å²) in [5.74, 6) is 2.32. The van der Waals surface area contributed by atoms with Crippen LogP contribution in [-0.2, 0) is 6.42 Å². The normalized spacial score (nSPS) is 15.2. The van der Waals surface area contributed by atoms with E-state index in [1.165, 1.54) is 42.3 Å². The van der Waals surface area contributed by atoms with Gasteiger partial charge in [0.1, 0.15) is 0 Å². The van der Waals surface area contributed by atoms with Crippen molar-refractivity contribution in [2.45, 2.75) is 6.42 Å². The Balaban J connectivity index is 1.23. The van der Waals surface area contributed by atoms with Crippen molar-refractivity contribution in [2.75, 3.05) is 0 Å². The monoisotopic (exact) mass is 632 g/mol. The summed E-state index contributed by atoms with van der Waals surface area (Å²) in [6, 6.07) is 42.7. The van der Waals surface area contributed by atoms with Crippen molar-refractivity contribution in [3.8, 4) is 39.9 Å². The molecule has 0 radical (unpaired) electrons. The molecule has 4 nitrogen and oxygen atoms in total. The van der Waals surface area contributed by atoms with Crippen molar-refractivity contribution in [1.29, 1.82) is 0 Å². The molecule has 5 heteroatoms. The summed E-state index contributed by atoms with van der Waals surface area (Å²) in [5.41, 5.74) is 9.20. The van der Waals surface area contributed by atoms with Crippen molar-refractivity contribution in [3.63, 3.8) is 0 Å². The third kappa shape index (κ3) is 4.32. The van der Waals surface area contributed by atoms with Crippen LogP contribution in [0.4, 0.5) is 0 Å². The van der Waals surface area contributed by atoms with Gasteiger partial charge in [-0.05, 0) is 53.0 Å². The number of aromatic nitrogens is 4. The van der Waals surface area contributed by atoms with Gasteiger partial charge in [-0.2, -0.15) is 9.97 Å². The summed E-state index contributed by atoms with van der Waals surface area (Å²) in [6.45, 7) is 0. The Morgan fingerprint density at radius 2 is 1.33 bits per heavy atom. The molecule has 8 aromatic rings. The minimum Gasteiger partial charge on any atom is -0.278 e. The first-order valence-corrected chi connectivity index (χ1v) is 17.1. The second-order valence-corrected chi connectivity index (χ2v) is 13.5. The fourth-order valence-electron chi connectivity index (χ4n) is 7.34. The standard InChI is InChI=1S/C43H28N4S/c1-2-11-27(12-3-1)28-21-23-29(24-22-28)41-44-42(34-17-10-20-39-40(34)33-16-7-9-19-38(33)48-39)46-43(45-41)47-36-18-8-6-15-32(36)35-25-30-13-4-5-14-31(30)26-37(35)47/h1-24,26,30H,25H2. The molecule has 48 heavy (non-hydrogen) atoms. The van der Waals surface area contributed by atoms with E-state index < -0.39 is 0 Å². The molecule has 0 saturated carbocycles. The Morgan fingerprint density at radius 1 is 0.604 bits per heavy atom. The van der Waals surface area contributed by atoms with Crippen LogP contribution in [0, 0.1) is 5.92 Å². The van der Waals surface area contributed by atoms with E-state index in [1.807, 2.05) is 17.4 Å². The lowest BCUT2D eigenvalue weighted by atomic mass is 9.83. The summed E-state index contributed by atoms with van der Waals surface area (Å²) >= 11 is 1.81. The van der Waals surface area contributed by atoms with Gasteiger partial charge in [0, 0.05) is 42.6 Å². The van der Waals surface area contributed by atoms with Gasteiger partial charge in [0.25, 0.3) is 0 Å². The van der Waals surface area contributed by atoms with Crippen molar-refractivity contribution < 1.29 is 0 Å². The average Bonchev–Trinajstić information content (AvgIpc) is 3.69. The predicted molar refractivity (Wildman–Crippen MR) is 199 cm³/mol. The first-order chi connectivity index (χ1) is 23.8. The van der Waals surface area contributed by atoms with E-state index in [0.29, 0.717) is 23.5 Å². The van der Waals surface area contributed by atoms with Gasteiger partial charge in [-0.15, -0.1) is 11.3 Å². The summed E-state index contributed by atoms with van der Waals surface area (Å²) < 4.78 is 4.73. The lowest BCUT2D eigenvalue weighted by molar-refractivity contribution is 0.755. The molecule has 0 spiro atoms. The molecule has 1 unspecified atom stereocenters. The van der Waals surface area contributed by atoms with E-state index in [0.717, 1.165) is 34.3 Å². The molecule has 3 aromatic heterocycles. The molecular formula is C43H28N4S. The van der Waals surface area contributed by atoms with Crippen LogP contribution in [0.3, 0.4) is 0 Å². The summed E-state index contributed by atoms with van der Waals surface area (Å²) in [6.07, 6.45) is 12.1. The maximum Gasteiger partial charge on any atom is 0.238 e. The van der Waals surface area contributed by atoms with Crippen molar-refractivity contribution in [1.82, 2.24) is 19.5 Å². The van der Waals surface area contributed by atoms with Crippen LogP contribution < -0.4 is 0 Å². The number of hydrogen-bond donors (Lipinski definition) is 0. The summed E-state index contributed by atoms with van der Waals surface area (Å²) in [7, 11) is 0. The fraction of sp³-hybridized carbons (Fsp3) is 0.0465. The molecule has 0 aliphatic heterocycles. The fourth-order valence-corrected chi connectivity index (χ4v) is 8.48. The Kier molecular flexibility index (Phi) is 6.14. The van der Waals surface area contributed by atoms with Gasteiger partial charge in [0.05, 0.1) is 11.2 Å². The van der Waals surface area contributed by atoms with Crippen LogP contribution in [0.25, 0.3) is 77.0 Å². The molecule has 3 heterocycles. The Morgan fingerprint density at radius 3 is 2.23 bits per heavy atom. The molecule has 5 aromatic carbocycles. The van der Waals surface area contributed by atoms with Gasteiger partial charge in [0.2, 0.25) is 5.95 Å². The number of hydrogen-bond acceptors (Lipinski definition) is 4. The molecule has 0 saturated heterocycles. The van der Waals surface area contributed by atoms with Gasteiger partial charge in [-0.3, -0.25) is 4.57 Å². The van der Waals surface area contributed by atoms with Crippen molar-refractivity contribution in [3.05, 3.63) is 162 Å². The maximum atomic E-state index is 5.32. The number of nitrogens with zero attached hydrogens (tertiary/aromatic N) is 4. The molecule has 2 aliphatic carbocycles. The van der Waals surface area contributed by atoms with Crippen LogP contribution in [0.1, 0.15) is 11.3 Å². The number of thiophene rings is 1. The zero-order valence-electron chi connectivity index (χ0n) is 25.9. The average molecular weight is 633 g/mol. The second kappa shape index (κ2) is 10.8. The van der Waals surface area contributed by atoms with Crippen molar-refractivity contribution >= 4 is 48.5 Å². The highest BCUT2D eigenvalue weighted by molar-refractivity contribution is 7.25. The van der Waals surface area contributed by atoms with Gasteiger partial charge in [-0.25, -0.2) is 4.98 Å². The molecule has 0 N–H and O–H groups in total. The van der Waals surface area contributed by atoms with E-state index in [1.54, 1.807) is 0 Å². The van der Waals surface area contributed by atoms with Gasteiger partial charge in [-0.1, -0.05) is 127 Å². The van der Waals surface area contributed by atoms with E-state index in [9.17, 15) is 0 Å². The number of para-hydroxylation sites is 1. The zero-order valence-corrected chi connectivity index (χ0v) is 26.7. The Bertz CT molecular complexity index is 2640. The van der Waals surface area contributed by atoms with Gasteiger partial charge < -0.3 is 0 Å². The number of benzene rings is 5. The number of fused-ring (bicyclic) bond motifs is 7. The Hall–Kier alpha value is -5.91. The highest BCUT2D eigenvalue weighted by atomic mass is 32.1. The smallest absolute Gasteiger partial charge is 0.238 e. The van der Waals surface area contributed by atoms with Gasteiger partial charge in [0.15, 0.2) is 11.6 Å². The lowest BCUT2D eigenvalue weighted by Crippen LogP contribution is -2.14. The number of rotatable bonds is 4. The molecule has 0 fully saturated rings. The largest absolute Gasteiger partial charge is 0.278 e. The number of allylic oxidation sites excluding steroid dienone is 5. The molecule has 10 rings (SSSR count). The first-order valence-electron chi connectivity index (χ1n) is 16.3. The van der Waals surface area contributed by atoms with Crippen LogP contribution >= 0.6 is 11.3 Å². The molecule has 1 atom stereocenters. The lowest BCUT2D eigenvalue weighted by Gasteiger charge is -2.23. The molecule has 0 bridgehead atoms. The minimum absolute atomic E-state index is 0.374. The van der Waals surface area contributed by atoms with Crippen molar-refractivity contribution in [2.24, 2.45) is 5.92 Å². The third-order valence-corrected chi connectivity index (χ3v) is 10.8. The summed E-state index contributed by atoms with van der Waals surface area (Å²) in [4.78, 5) is 15.8. The highest BCUT2D eigenvalue weighted by Crippen LogP contribution is 2.42. The summed E-state index contributed by atoms with van der Waals surface area (Å²) in [5, 5.41) is 3.65. The third-order valence-electron chi connectivity index (χ3n) is 9.64. The highest BCUT2D eigenvalue weighted by Gasteiger charge is 2.27. The maximum absolute atomic E-state index is 5.32. The van der Waals surface area contributed by atoms with Crippen LogP contribution in [0.15, 0.2) is 151 Å². The first kappa shape index (κ1) is 27.2. The van der Waals surface area contributed by atoms with Crippen LogP contribution in [0.2, 0.25) is 0 Å². The zero-order chi connectivity index (χ0) is 31.6. The minimum atomic E-state index is 0.374. The molecule has 2 aliphatic rings. The quantitative estimate of drug-likeness (QED) is 0.194. The van der Waals surface area contributed by atoms with E-state index in [4.69, 9.17) is 15.0 Å². The predicted octanol–water partition coefficient (Wildman–Crippen LogP) is 10.9. The van der Waals surface area contributed by atoms with E-state index >= 15 is 0 Å². The Labute approximate surface area is 281 Å². The molecular weight excluding hydrogens is 605 g/mol. The van der Waals surface area contributed by atoms with Crippen LogP contribution in [-0.4, -0.2) is 19.5 Å². The molecule has 0 amide bonds. The van der Waals surface area contributed by atoms with E-state index in [2.05, 4.69) is 150 Å². The second-order valence-electron chi connectivity index (χ2n) is 12.4. The topological polar surface area (TPSA) is 43.6 Å². The SMILES string of the molecule is C1=CC2=Cc3c(c4ccccc4n3-c3nc(-c4ccc(-c5ccccc5)cc4)nc(-c4cccc5sc6ccccc6c45)n3)CC2C=C1. The van der Waals surface area contributed by atoms with E-state index in [-0.39, 0.29) is 0 Å². The molecule has 226 valence electrons. The van der Waals surface area contributed by atoms with Crippen LogP contribution in [0.5, 0.6) is 0 Å².